The van der Waals surface area contributed by atoms with E-state index in [1.807, 2.05) is 0 Å². The molecule has 0 aliphatic carbocycles. The lowest BCUT2D eigenvalue weighted by Crippen LogP contribution is -2.16. The van der Waals surface area contributed by atoms with E-state index in [1.54, 1.807) is 12.1 Å². The third-order valence-electron chi connectivity index (χ3n) is 2.48. The molecular formula is C12H10BrFN2O3S. The Morgan fingerprint density at radius 1 is 1.35 bits per heavy atom. The third kappa shape index (κ3) is 3.14. The molecule has 2 rings (SSSR count). The van der Waals surface area contributed by atoms with Crippen LogP contribution >= 0.6 is 15.9 Å². The predicted octanol–water partition coefficient (Wildman–Crippen LogP) is 2.28. The number of hydrogen-bond donors (Lipinski definition) is 2. The van der Waals surface area contributed by atoms with Gasteiger partial charge in [0.05, 0.1) is 16.0 Å². The monoisotopic (exact) mass is 360 g/mol. The van der Waals surface area contributed by atoms with Crippen LogP contribution in [-0.4, -0.2) is 18.5 Å². The Morgan fingerprint density at radius 3 is 2.75 bits per heavy atom. The topological polar surface area (TPSA) is 79.3 Å². The predicted molar refractivity (Wildman–Crippen MR) is 75.1 cm³/mol. The summed E-state index contributed by atoms with van der Waals surface area (Å²) in [5, 5.41) is 9.15. The summed E-state index contributed by atoms with van der Waals surface area (Å²) in [5.41, 5.74) is 0.103. The van der Waals surface area contributed by atoms with Crippen LogP contribution in [0.2, 0.25) is 0 Å². The van der Waals surface area contributed by atoms with Crippen molar-refractivity contribution in [3.8, 4) is 0 Å². The largest absolute Gasteiger partial charge is 0.392 e. The van der Waals surface area contributed by atoms with Crippen molar-refractivity contribution in [3.63, 3.8) is 0 Å². The maximum Gasteiger partial charge on any atom is 0.263 e. The van der Waals surface area contributed by atoms with Gasteiger partial charge < -0.3 is 5.11 Å². The standard InChI is InChI=1S/C12H10BrFN2O3S/c13-10-2-1-5-15-12(10)16-20(18,19)11-6-9(14)4-3-8(11)7-17/h1-6,17H,7H2,(H,15,16). The van der Waals surface area contributed by atoms with Crippen LogP contribution in [0.5, 0.6) is 0 Å². The molecule has 2 N–H and O–H groups in total. The quantitative estimate of drug-likeness (QED) is 0.876. The van der Waals surface area contributed by atoms with E-state index >= 15 is 0 Å². The third-order valence-corrected chi connectivity index (χ3v) is 4.54. The van der Waals surface area contributed by atoms with Crippen LogP contribution in [0.15, 0.2) is 45.9 Å². The lowest BCUT2D eigenvalue weighted by atomic mass is 10.2. The van der Waals surface area contributed by atoms with Gasteiger partial charge in [-0.3, -0.25) is 4.72 Å². The van der Waals surface area contributed by atoms with Crippen LogP contribution in [0.1, 0.15) is 5.56 Å². The first-order chi connectivity index (χ1) is 9.44. The Labute approximate surface area is 123 Å². The molecule has 0 radical (unpaired) electrons. The smallest absolute Gasteiger partial charge is 0.263 e. The van der Waals surface area contributed by atoms with E-state index in [0.29, 0.717) is 4.47 Å². The van der Waals surface area contributed by atoms with Gasteiger partial charge in [-0.15, -0.1) is 0 Å². The summed E-state index contributed by atoms with van der Waals surface area (Å²) in [6, 6.07) is 6.40. The van der Waals surface area contributed by atoms with Gasteiger partial charge in [0, 0.05) is 6.20 Å². The molecule has 2 aromatic rings. The first-order valence-corrected chi connectivity index (χ1v) is 7.74. The second kappa shape index (κ2) is 5.86. The summed E-state index contributed by atoms with van der Waals surface area (Å²) in [6.07, 6.45) is 1.42. The number of aliphatic hydroxyl groups is 1. The molecule has 0 atom stereocenters. The van der Waals surface area contributed by atoms with Crippen LogP contribution in [0.4, 0.5) is 10.2 Å². The van der Waals surface area contributed by atoms with E-state index in [2.05, 4.69) is 25.6 Å². The number of sulfonamides is 1. The lowest BCUT2D eigenvalue weighted by Gasteiger charge is -2.11. The first-order valence-electron chi connectivity index (χ1n) is 5.46. The normalized spacial score (nSPS) is 11.3. The molecule has 0 saturated carbocycles. The van der Waals surface area contributed by atoms with Crippen LogP contribution in [0.3, 0.4) is 0 Å². The maximum absolute atomic E-state index is 13.2. The van der Waals surface area contributed by atoms with Gasteiger partial charge in [-0.05, 0) is 45.8 Å². The lowest BCUT2D eigenvalue weighted by molar-refractivity contribution is 0.278. The fourth-order valence-corrected chi connectivity index (χ4v) is 3.31. The van der Waals surface area contributed by atoms with Gasteiger partial charge in [0.2, 0.25) is 0 Å². The molecule has 0 bridgehead atoms. The van der Waals surface area contributed by atoms with Crippen LogP contribution in [-0.2, 0) is 16.6 Å². The number of nitrogens with zero attached hydrogens (tertiary/aromatic N) is 1. The van der Waals surface area contributed by atoms with Gasteiger partial charge in [-0.25, -0.2) is 17.8 Å². The van der Waals surface area contributed by atoms with Crippen molar-refractivity contribution in [2.45, 2.75) is 11.5 Å². The highest BCUT2D eigenvalue weighted by Gasteiger charge is 2.20. The minimum Gasteiger partial charge on any atom is -0.392 e. The van der Waals surface area contributed by atoms with Crippen molar-refractivity contribution in [2.75, 3.05) is 4.72 Å². The fourth-order valence-electron chi connectivity index (χ4n) is 1.55. The number of aliphatic hydroxyl groups excluding tert-OH is 1. The average molecular weight is 361 g/mol. The number of halogens is 2. The van der Waals surface area contributed by atoms with E-state index in [9.17, 15) is 12.8 Å². The summed E-state index contributed by atoms with van der Waals surface area (Å²) < 4.78 is 40.4. The fraction of sp³-hybridized carbons (Fsp3) is 0.0833. The van der Waals surface area contributed by atoms with Crippen LogP contribution in [0.25, 0.3) is 0 Å². The van der Waals surface area contributed by atoms with E-state index < -0.39 is 22.4 Å². The van der Waals surface area contributed by atoms with E-state index in [4.69, 9.17) is 5.11 Å². The van der Waals surface area contributed by atoms with Gasteiger partial charge >= 0.3 is 0 Å². The molecule has 0 unspecified atom stereocenters. The van der Waals surface area contributed by atoms with Crippen LogP contribution < -0.4 is 4.72 Å². The molecule has 20 heavy (non-hydrogen) atoms. The summed E-state index contributed by atoms with van der Waals surface area (Å²) in [5.74, 6) is -0.622. The summed E-state index contributed by atoms with van der Waals surface area (Å²) in [7, 11) is -4.04. The zero-order valence-corrected chi connectivity index (χ0v) is 12.4. The molecule has 1 heterocycles. The van der Waals surface area contributed by atoms with E-state index in [1.165, 1.54) is 12.3 Å². The Hall–Kier alpha value is -1.51. The molecule has 0 aliphatic rings. The first kappa shape index (κ1) is 14.9. The van der Waals surface area contributed by atoms with Crippen molar-refractivity contribution in [1.29, 1.82) is 0 Å². The molecular weight excluding hydrogens is 351 g/mol. The van der Waals surface area contributed by atoms with Gasteiger partial charge in [0.25, 0.3) is 10.0 Å². The molecule has 0 amide bonds. The SMILES string of the molecule is O=S(=O)(Nc1ncccc1Br)c1cc(F)ccc1CO. The summed E-state index contributed by atoms with van der Waals surface area (Å²) in [6.45, 7) is -0.514. The van der Waals surface area contributed by atoms with Crippen molar-refractivity contribution in [1.82, 2.24) is 4.98 Å². The Balaban J connectivity index is 2.46. The van der Waals surface area contributed by atoms with Crippen molar-refractivity contribution < 1.29 is 17.9 Å². The van der Waals surface area contributed by atoms with Gasteiger partial charge in [-0.1, -0.05) is 6.07 Å². The second-order valence-corrected chi connectivity index (χ2v) is 6.35. The van der Waals surface area contributed by atoms with Crippen LogP contribution in [0, 0.1) is 5.82 Å². The second-order valence-electron chi connectivity index (χ2n) is 3.85. The number of anilines is 1. The molecule has 1 aromatic carbocycles. The van der Waals surface area contributed by atoms with Crippen molar-refractivity contribution in [3.05, 3.63) is 52.4 Å². The van der Waals surface area contributed by atoms with Gasteiger partial charge in [-0.2, -0.15) is 0 Å². The minimum absolute atomic E-state index is 0.0839. The molecule has 8 heteroatoms. The highest BCUT2D eigenvalue weighted by atomic mass is 79.9. The summed E-state index contributed by atoms with van der Waals surface area (Å²) >= 11 is 3.16. The highest BCUT2D eigenvalue weighted by molar-refractivity contribution is 9.10. The Bertz CT molecular complexity index is 737. The molecule has 0 spiro atoms. The van der Waals surface area contributed by atoms with Gasteiger partial charge in [0.15, 0.2) is 5.82 Å². The maximum atomic E-state index is 13.2. The molecule has 0 aliphatic heterocycles. The number of benzene rings is 1. The number of aromatic nitrogens is 1. The highest BCUT2D eigenvalue weighted by Crippen LogP contribution is 2.24. The molecule has 0 saturated heterocycles. The molecule has 106 valence electrons. The van der Waals surface area contributed by atoms with Crippen molar-refractivity contribution >= 4 is 31.8 Å². The zero-order valence-electron chi connectivity index (χ0n) is 10.0. The zero-order chi connectivity index (χ0) is 14.8. The summed E-state index contributed by atoms with van der Waals surface area (Å²) in [4.78, 5) is 3.55. The van der Waals surface area contributed by atoms with Crippen molar-refractivity contribution in [2.24, 2.45) is 0 Å². The number of nitrogens with one attached hydrogen (secondary N) is 1. The van der Waals surface area contributed by atoms with E-state index in [0.717, 1.165) is 12.1 Å². The minimum atomic E-state index is -4.04. The Kier molecular flexibility index (Phi) is 4.36. The Morgan fingerprint density at radius 2 is 2.10 bits per heavy atom. The molecule has 0 fully saturated rings. The van der Waals surface area contributed by atoms with E-state index in [-0.39, 0.29) is 16.3 Å². The molecule has 1 aromatic heterocycles. The number of rotatable bonds is 4. The number of pyridine rings is 1. The van der Waals surface area contributed by atoms with Gasteiger partial charge in [0.1, 0.15) is 5.82 Å². The number of hydrogen-bond acceptors (Lipinski definition) is 4. The average Bonchev–Trinajstić information content (AvgIpc) is 2.41. The molecule has 5 nitrogen and oxygen atoms in total.